The molecule has 0 spiro atoms. The Bertz CT molecular complexity index is 661. The van der Waals surface area contributed by atoms with E-state index in [9.17, 15) is 15.0 Å². The molecule has 0 heterocycles. The summed E-state index contributed by atoms with van der Waals surface area (Å²) in [4.78, 5) is 14.2. The number of hydrogen-bond acceptors (Lipinski definition) is 3. The van der Waals surface area contributed by atoms with Gasteiger partial charge in [0.1, 0.15) is 5.75 Å². The molecule has 0 aliphatic rings. The summed E-state index contributed by atoms with van der Waals surface area (Å²) in [7, 11) is 1.73. The third-order valence-electron chi connectivity index (χ3n) is 3.83. The standard InChI is InChI=1S/C18H20ClNO3/c1-20(17(9-10-21)13-5-3-2-4-6-13)18(23)11-14-7-8-15(22)12-16(14)19/h2-8,12,17,21-22H,9-11H2,1H3. The summed E-state index contributed by atoms with van der Waals surface area (Å²) in [6.07, 6.45) is 0.611. The summed E-state index contributed by atoms with van der Waals surface area (Å²) >= 11 is 6.07. The SMILES string of the molecule is CN(C(=O)Cc1ccc(O)cc1Cl)C(CCO)c1ccccc1. The fourth-order valence-corrected chi connectivity index (χ4v) is 2.76. The van der Waals surface area contributed by atoms with Crippen molar-refractivity contribution in [2.24, 2.45) is 0 Å². The molecule has 4 nitrogen and oxygen atoms in total. The lowest BCUT2D eigenvalue weighted by atomic mass is 10.0. The van der Waals surface area contributed by atoms with E-state index in [1.807, 2.05) is 30.3 Å². The van der Waals surface area contributed by atoms with Crippen molar-refractivity contribution in [1.82, 2.24) is 4.90 Å². The summed E-state index contributed by atoms with van der Waals surface area (Å²) in [6.45, 7) is -0.00283. The zero-order valence-corrected chi connectivity index (χ0v) is 13.7. The van der Waals surface area contributed by atoms with Crippen LogP contribution in [0.2, 0.25) is 5.02 Å². The summed E-state index contributed by atoms with van der Waals surface area (Å²) in [5.74, 6) is -0.0260. The van der Waals surface area contributed by atoms with Crippen LogP contribution in [0.5, 0.6) is 5.75 Å². The average molecular weight is 334 g/mol. The van der Waals surface area contributed by atoms with Crippen LogP contribution in [0.3, 0.4) is 0 Å². The molecule has 0 saturated heterocycles. The Hall–Kier alpha value is -2.04. The maximum atomic E-state index is 12.6. The van der Waals surface area contributed by atoms with E-state index >= 15 is 0 Å². The fraction of sp³-hybridized carbons (Fsp3) is 0.278. The Morgan fingerprint density at radius 1 is 1.22 bits per heavy atom. The Balaban J connectivity index is 2.16. The second-order valence-electron chi connectivity index (χ2n) is 5.40. The number of carbonyl (C=O) groups is 1. The van der Waals surface area contributed by atoms with Gasteiger partial charge in [0.25, 0.3) is 0 Å². The van der Waals surface area contributed by atoms with E-state index in [-0.39, 0.29) is 30.7 Å². The molecule has 0 fully saturated rings. The highest BCUT2D eigenvalue weighted by atomic mass is 35.5. The third-order valence-corrected chi connectivity index (χ3v) is 4.18. The molecule has 0 bridgehead atoms. The van der Waals surface area contributed by atoms with Crippen LogP contribution in [0, 0.1) is 0 Å². The maximum Gasteiger partial charge on any atom is 0.227 e. The number of phenolic OH excluding ortho intramolecular Hbond substituents is 1. The first-order chi connectivity index (χ1) is 11.0. The van der Waals surface area contributed by atoms with E-state index < -0.39 is 0 Å². The molecule has 2 N–H and O–H groups in total. The molecule has 1 amide bonds. The Morgan fingerprint density at radius 2 is 1.91 bits per heavy atom. The molecule has 0 aliphatic carbocycles. The molecule has 5 heteroatoms. The first kappa shape index (κ1) is 17.3. The van der Waals surface area contributed by atoms with Gasteiger partial charge in [-0.3, -0.25) is 4.79 Å². The van der Waals surface area contributed by atoms with Gasteiger partial charge in [-0.2, -0.15) is 0 Å². The Morgan fingerprint density at radius 3 is 2.52 bits per heavy atom. The molecule has 0 saturated carbocycles. The third kappa shape index (κ3) is 4.47. The van der Waals surface area contributed by atoms with Crippen LogP contribution in [0.15, 0.2) is 48.5 Å². The van der Waals surface area contributed by atoms with Crippen LogP contribution in [0.1, 0.15) is 23.6 Å². The van der Waals surface area contributed by atoms with Crippen LogP contribution in [-0.4, -0.2) is 34.7 Å². The van der Waals surface area contributed by atoms with Gasteiger partial charge in [0, 0.05) is 18.7 Å². The number of aromatic hydroxyl groups is 1. The van der Waals surface area contributed by atoms with Crippen LogP contribution in [0.25, 0.3) is 0 Å². The summed E-state index contributed by atoms with van der Waals surface area (Å²) in [6, 6.07) is 14.0. The number of nitrogens with zero attached hydrogens (tertiary/aromatic N) is 1. The van der Waals surface area contributed by atoms with Gasteiger partial charge in [-0.1, -0.05) is 48.0 Å². The molecular weight excluding hydrogens is 314 g/mol. The Kier molecular flexibility index (Phi) is 6.02. The molecule has 2 aromatic rings. The first-order valence-electron chi connectivity index (χ1n) is 7.41. The lowest BCUT2D eigenvalue weighted by molar-refractivity contribution is -0.131. The van der Waals surface area contributed by atoms with Gasteiger partial charge in [0.15, 0.2) is 0 Å². The summed E-state index contributed by atoms with van der Waals surface area (Å²) in [5, 5.41) is 19.1. The number of aliphatic hydroxyl groups excluding tert-OH is 1. The number of likely N-dealkylation sites (N-methyl/N-ethyl adjacent to an activating group) is 1. The van der Waals surface area contributed by atoms with Crippen LogP contribution < -0.4 is 0 Å². The predicted molar refractivity (Wildman–Crippen MR) is 90.5 cm³/mol. The summed E-state index contributed by atoms with van der Waals surface area (Å²) in [5.41, 5.74) is 1.64. The van der Waals surface area contributed by atoms with Gasteiger partial charge in [0.05, 0.1) is 12.5 Å². The predicted octanol–water partition coefficient (Wildman–Crippen LogP) is 3.17. The number of halogens is 1. The number of amides is 1. The van der Waals surface area contributed by atoms with Gasteiger partial charge in [-0.15, -0.1) is 0 Å². The molecule has 1 atom stereocenters. The molecule has 0 aliphatic heterocycles. The zero-order valence-electron chi connectivity index (χ0n) is 12.9. The van der Waals surface area contributed by atoms with Crippen molar-refractivity contribution in [1.29, 1.82) is 0 Å². The van der Waals surface area contributed by atoms with Crippen molar-refractivity contribution in [3.05, 3.63) is 64.7 Å². The number of rotatable bonds is 6. The van der Waals surface area contributed by atoms with E-state index in [4.69, 9.17) is 11.6 Å². The van der Waals surface area contributed by atoms with Crippen LogP contribution in [0.4, 0.5) is 0 Å². The molecule has 1 unspecified atom stereocenters. The molecule has 0 radical (unpaired) electrons. The van der Waals surface area contributed by atoms with Crippen molar-refractivity contribution in [2.75, 3.05) is 13.7 Å². The summed E-state index contributed by atoms with van der Waals surface area (Å²) < 4.78 is 0. The highest BCUT2D eigenvalue weighted by Crippen LogP contribution is 2.26. The smallest absolute Gasteiger partial charge is 0.227 e. The zero-order chi connectivity index (χ0) is 16.8. The molecule has 23 heavy (non-hydrogen) atoms. The topological polar surface area (TPSA) is 60.8 Å². The largest absolute Gasteiger partial charge is 0.508 e. The fourth-order valence-electron chi connectivity index (χ4n) is 2.52. The number of carbonyl (C=O) groups excluding carboxylic acids is 1. The average Bonchev–Trinajstić information content (AvgIpc) is 2.55. The van der Waals surface area contributed by atoms with E-state index in [0.717, 1.165) is 5.56 Å². The van der Waals surface area contributed by atoms with Gasteiger partial charge >= 0.3 is 0 Å². The highest BCUT2D eigenvalue weighted by Gasteiger charge is 2.22. The second kappa shape index (κ2) is 7.99. The number of phenols is 1. The van der Waals surface area contributed by atoms with E-state index in [1.54, 1.807) is 18.0 Å². The lowest BCUT2D eigenvalue weighted by Crippen LogP contribution is -2.33. The number of aliphatic hydroxyl groups is 1. The van der Waals surface area contributed by atoms with Gasteiger partial charge in [-0.05, 0) is 29.7 Å². The maximum absolute atomic E-state index is 12.6. The highest BCUT2D eigenvalue weighted by molar-refractivity contribution is 6.31. The molecule has 2 aromatic carbocycles. The number of hydrogen-bond donors (Lipinski definition) is 2. The molecule has 0 aromatic heterocycles. The lowest BCUT2D eigenvalue weighted by Gasteiger charge is -2.28. The normalized spacial score (nSPS) is 12.0. The molecular formula is C18H20ClNO3. The number of benzene rings is 2. The minimum Gasteiger partial charge on any atom is -0.508 e. The minimum absolute atomic E-state index is 0.00283. The van der Waals surface area contributed by atoms with Crippen molar-refractivity contribution in [3.63, 3.8) is 0 Å². The van der Waals surface area contributed by atoms with Crippen molar-refractivity contribution in [2.45, 2.75) is 18.9 Å². The van der Waals surface area contributed by atoms with Crippen molar-refractivity contribution in [3.8, 4) is 5.75 Å². The van der Waals surface area contributed by atoms with E-state index in [0.29, 0.717) is 17.0 Å². The van der Waals surface area contributed by atoms with E-state index in [2.05, 4.69) is 0 Å². The van der Waals surface area contributed by atoms with Gasteiger partial charge in [0.2, 0.25) is 5.91 Å². The van der Waals surface area contributed by atoms with Crippen LogP contribution in [-0.2, 0) is 11.2 Å². The molecule has 122 valence electrons. The second-order valence-corrected chi connectivity index (χ2v) is 5.80. The monoisotopic (exact) mass is 333 g/mol. The minimum atomic E-state index is -0.190. The van der Waals surface area contributed by atoms with Crippen molar-refractivity contribution < 1.29 is 15.0 Å². The molecule has 2 rings (SSSR count). The Labute approximate surface area is 140 Å². The van der Waals surface area contributed by atoms with Crippen molar-refractivity contribution >= 4 is 17.5 Å². The first-order valence-corrected chi connectivity index (χ1v) is 7.79. The van der Waals surface area contributed by atoms with Crippen LogP contribution >= 0.6 is 11.6 Å². The van der Waals surface area contributed by atoms with Gasteiger partial charge < -0.3 is 15.1 Å². The van der Waals surface area contributed by atoms with Gasteiger partial charge in [-0.25, -0.2) is 0 Å². The van der Waals surface area contributed by atoms with E-state index in [1.165, 1.54) is 12.1 Å². The quantitative estimate of drug-likeness (QED) is 0.853.